The highest BCUT2D eigenvalue weighted by molar-refractivity contribution is 5.70. The highest BCUT2D eigenvalue weighted by Crippen LogP contribution is 2.40. The van der Waals surface area contributed by atoms with Gasteiger partial charge in [-0.1, -0.05) is 36.4 Å². The van der Waals surface area contributed by atoms with Gasteiger partial charge >= 0.3 is 6.09 Å². The predicted molar refractivity (Wildman–Crippen MR) is 103 cm³/mol. The third kappa shape index (κ3) is 4.18. The van der Waals surface area contributed by atoms with Gasteiger partial charge in [0.2, 0.25) is 0 Å². The zero-order valence-electron chi connectivity index (χ0n) is 16.0. The number of aliphatic hydroxyl groups excluding tert-OH is 2. The van der Waals surface area contributed by atoms with Gasteiger partial charge in [-0.25, -0.2) is 9.18 Å². The monoisotopic (exact) mass is 387 g/mol. The van der Waals surface area contributed by atoms with Gasteiger partial charge in [-0.15, -0.1) is 0 Å². The van der Waals surface area contributed by atoms with Crippen LogP contribution in [0.3, 0.4) is 0 Å². The first-order valence-corrected chi connectivity index (χ1v) is 9.55. The molecular weight excluding hydrogens is 361 g/mol. The topological polar surface area (TPSA) is 70.0 Å². The van der Waals surface area contributed by atoms with Crippen LogP contribution in [0.1, 0.15) is 48.9 Å². The molecule has 0 bridgehead atoms. The molecule has 28 heavy (non-hydrogen) atoms. The van der Waals surface area contributed by atoms with Gasteiger partial charge in [-0.05, 0) is 48.6 Å². The van der Waals surface area contributed by atoms with Crippen LogP contribution in [0.4, 0.5) is 9.18 Å². The molecule has 2 N–H and O–H groups in total. The van der Waals surface area contributed by atoms with Gasteiger partial charge in [0.15, 0.2) is 0 Å². The van der Waals surface area contributed by atoms with E-state index in [0.717, 1.165) is 16.7 Å². The number of rotatable bonds is 7. The number of carbonyl (C=O) groups is 1. The second-order valence-electron chi connectivity index (χ2n) is 7.22. The van der Waals surface area contributed by atoms with E-state index in [1.54, 1.807) is 17.0 Å². The number of amides is 1. The number of nitrogens with zero attached hydrogens (tertiary/aromatic N) is 1. The highest BCUT2D eigenvalue weighted by atomic mass is 19.1. The van der Waals surface area contributed by atoms with Gasteiger partial charge in [-0.2, -0.15) is 0 Å². The molecule has 1 aliphatic heterocycles. The van der Waals surface area contributed by atoms with E-state index in [0.29, 0.717) is 25.8 Å². The van der Waals surface area contributed by atoms with Crippen molar-refractivity contribution < 1.29 is 24.1 Å². The average Bonchev–Trinajstić information content (AvgIpc) is 2.72. The molecule has 1 fully saturated rings. The van der Waals surface area contributed by atoms with Crippen LogP contribution in [0.25, 0.3) is 0 Å². The molecule has 1 aliphatic rings. The minimum atomic E-state index is -0.857. The zero-order valence-corrected chi connectivity index (χ0v) is 16.0. The van der Waals surface area contributed by atoms with E-state index in [1.165, 1.54) is 12.1 Å². The van der Waals surface area contributed by atoms with Crippen LogP contribution in [-0.2, 0) is 16.9 Å². The van der Waals surface area contributed by atoms with Crippen molar-refractivity contribution in [2.75, 3.05) is 13.2 Å². The summed E-state index contributed by atoms with van der Waals surface area (Å²) in [4.78, 5) is 14.6. The van der Waals surface area contributed by atoms with Crippen LogP contribution in [0.2, 0.25) is 0 Å². The fourth-order valence-electron chi connectivity index (χ4n) is 3.74. The van der Waals surface area contributed by atoms with E-state index < -0.39 is 11.7 Å². The Labute approximate surface area is 164 Å². The maximum absolute atomic E-state index is 13.3. The van der Waals surface area contributed by atoms with Gasteiger partial charge in [0.05, 0.1) is 12.6 Å². The lowest BCUT2D eigenvalue weighted by Crippen LogP contribution is -2.48. The van der Waals surface area contributed by atoms with Crippen molar-refractivity contribution in [3.63, 3.8) is 0 Å². The second-order valence-corrected chi connectivity index (χ2v) is 7.22. The summed E-state index contributed by atoms with van der Waals surface area (Å²) in [6.45, 7) is 2.40. The molecule has 1 saturated heterocycles. The Morgan fingerprint density at radius 1 is 1.14 bits per heavy atom. The Balaban J connectivity index is 1.80. The average molecular weight is 387 g/mol. The summed E-state index contributed by atoms with van der Waals surface area (Å²) in [6.07, 6.45) is 1.10. The Kier molecular flexibility index (Phi) is 6.31. The molecule has 1 amide bonds. The minimum Gasteiger partial charge on any atom is -0.438 e. The van der Waals surface area contributed by atoms with Crippen molar-refractivity contribution in [3.05, 3.63) is 71.0 Å². The van der Waals surface area contributed by atoms with Crippen molar-refractivity contribution in [2.24, 2.45) is 0 Å². The molecule has 0 saturated carbocycles. The summed E-state index contributed by atoms with van der Waals surface area (Å²) in [5.74, 6) is -0.343. The number of hydrogen-bond acceptors (Lipinski definition) is 4. The Morgan fingerprint density at radius 3 is 2.39 bits per heavy atom. The Hall–Kier alpha value is -2.44. The third-order valence-corrected chi connectivity index (χ3v) is 5.49. The van der Waals surface area contributed by atoms with Crippen LogP contribution in [0.5, 0.6) is 0 Å². The minimum absolute atomic E-state index is 0.00216. The van der Waals surface area contributed by atoms with Crippen LogP contribution in [-0.4, -0.2) is 34.4 Å². The first kappa shape index (κ1) is 20.3. The van der Waals surface area contributed by atoms with Gasteiger partial charge in [-0.3, -0.25) is 0 Å². The summed E-state index contributed by atoms with van der Waals surface area (Å²) in [5, 5.41) is 18.5. The number of cyclic esters (lactones) is 1. The highest BCUT2D eigenvalue weighted by Gasteiger charge is 2.43. The summed E-state index contributed by atoms with van der Waals surface area (Å²) in [6, 6.07) is 13.3. The lowest BCUT2D eigenvalue weighted by Gasteiger charge is -2.43. The van der Waals surface area contributed by atoms with Crippen molar-refractivity contribution in [1.82, 2.24) is 4.90 Å². The summed E-state index contributed by atoms with van der Waals surface area (Å²) >= 11 is 0. The number of carbonyl (C=O) groups excluding carboxylic acids is 1. The molecule has 6 heteroatoms. The van der Waals surface area contributed by atoms with Crippen molar-refractivity contribution in [2.45, 2.75) is 44.4 Å². The van der Waals surface area contributed by atoms with E-state index in [1.807, 2.05) is 31.2 Å². The second kappa shape index (κ2) is 8.71. The number of aliphatic hydroxyl groups is 2. The molecule has 5 nitrogen and oxygen atoms in total. The molecule has 2 aromatic rings. The van der Waals surface area contributed by atoms with Crippen LogP contribution in [0.15, 0.2) is 48.5 Å². The zero-order chi connectivity index (χ0) is 20.1. The molecule has 150 valence electrons. The van der Waals surface area contributed by atoms with Crippen LogP contribution >= 0.6 is 0 Å². The van der Waals surface area contributed by atoms with Crippen molar-refractivity contribution in [3.8, 4) is 0 Å². The van der Waals surface area contributed by atoms with Gasteiger partial charge in [0, 0.05) is 19.6 Å². The largest absolute Gasteiger partial charge is 0.438 e. The lowest BCUT2D eigenvalue weighted by atomic mass is 9.84. The molecular formula is C22H26FNO4. The maximum atomic E-state index is 13.3. The quantitative estimate of drug-likeness (QED) is 0.756. The Bertz CT molecular complexity index is 793. The number of hydrogen-bond donors (Lipinski definition) is 2. The SMILES string of the molecule is CC(c1ccc(CO)cc1)N1CCC(CCCO)(c2ccc(F)cc2)OC1=O. The molecule has 0 radical (unpaired) electrons. The normalized spacial score (nSPS) is 20.7. The summed E-state index contributed by atoms with van der Waals surface area (Å²) in [7, 11) is 0. The number of benzene rings is 2. The summed E-state index contributed by atoms with van der Waals surface area (Å²) in [5.41, 5.74) is 1.66. The number of halogens is 1. The Morgan fingerprint density at radius 2 is 1.82 bits per heavy atom. The summed E-state index contributed by atoms with van der Waals surface area (Å²) < 4.78 is 19.3. The van der Waals surface area contributed by atoms with Crippen molar-refractivity contribution in [1.29, 1.82) is 0 Å². The van der Waals surface area contributed by atoms with Crippen LogP contribution < -0.4 is 0 Å². The van der Waals surface area contributed by atoms with Crippen molar-refractivity contribution >= 4 is 6.09 Å². The molecule has 3 rings (SSSR count). The van der Waals surface area contributed by atoms with E-state index >= 15 is 0 Å². The van der Waals surface area contributed by atoms with E-state index in [4.69, 9.17) is 4.74 Å². The third-order valence-electron chi connectivity index (χ3n) is 5.49. The molecule has 0 spiro atoms. The molecule has 2 unspecified atom stereocenters. The fourth-order valence-corrected chi connectivity index (χ4v) is 3.74. The maximum Gasteiger partial charge on any atom is 0.411 e. The van der Waals surface area contributed by atoms with Gasteiger partial charge in [0.1, 0.15) is 11.4 Å². The molecule has 0 aromatic heterocycles. The van der Waals surface area contributed by atoms with E-state index in [2.05, 4.69) is 0 Å². The predicted octanol–water partition coefficient (Wildman–Crippen LogP) is 3.89. The first-order valence-electron chi connectivity index (χ1n) is 9.55. The van der Waals surface area contributed by atoms with Crippen LogP contribution in [0, 0.1) is 5.82 Å². The lowest BCUT2D eigenvalue weighted by molar-refractivity contribution is -0.0680. The van der Waals surface area contributed by atoms with E-state index in [-0.39, 0.29) is 25.1 Å². The van der Waals surface area contributed by atoms with E-state index in [9.17, 15) is 19.4 Å². The molecule has 2 aromatic carbocycles. The molecule has 1 heterocycles. The van der Waals surface area contributed by atoms with Gasteiger partial charge in [0.25, 0.3) is 0 Å². The first-order chi connectivity index (χ1) is 13.5. The smallest absolute Gasteiger partial charge is 0.411 e. The fraction of sp³-hybridized carbons (Fsp3) is 0.409. The number of ether oxygens (including phenoxy) is 1. The molecule has 0 aliphatic carbocycles. The van der Waals surface area contributed by atoms with Gasteiger partial charge < -0.3 is 19.8 Å². The standard InChI is InChI=1S/C22H26FNO4/c1-16(18-5-3-17(15-26)4-6-18)24-13-12-22(11-2-14-25,28-21(24)27)19-7-9-20(23)10-8-19/h3-10,16,25-26H,2,11-15H2,1H3. The molecule has 2 atom stereocenters.